The van der Waals surface area contributed by atoms with Gasteiger partial charge in [-0.2, -0.15) is 8.78 Å². The number of nitrogens with zero attached hydrogens (tertiary/aromatic N) is 1. The molecule has 1 heterocycles. The molecule has 0 aliphatic carbocycles. The summed E-state index contributed by atoms with van der Waals surface area (Å²) in [6.07, 6.45) is -0.749. The summed E-state index contributed by atoms with van der Waals surface area (Å²) in [6.45, 7) is 1.68. The molecule has 0 saturated carbocycles. The molecule has 0 saturated heterocycles. The number of halogens is 2. The van der Waals surface area contributed by atoms with Gasteiger partial charge in [-0.25, -0.2) is 0 Å². The number of aliphatic hydroxyl groups is 1. The normalized spacial score (nSPS) is 12.6. The highest BCUT2D eigenvalue weighted by molar-refractivity contribution is 5.28. The first-order chi connectivity index (χ1) is 10.5. The summed E-state index contributed by atoms with van der Waals surface area (Å²) >= 11 is 0. The summed E-state index contributed by atoms with van der Waals surface area (Å²) in [6, 6.07) is 5.91. The zero-order valence-electron chi connectivity index (χ0n) is 12.3. The van der Waals surface area contributed by atoms with Gasteiger partial charge in [0, 0.05) is 18.7 Å². The monoisotopic (exact) mass is 312 g/mol. The van der Waals surface area contributed by atoms with Crippen LogP contribution in [0.3, 0.4) is 0 Å². The molecular formula is C15H18F2N2O3. The van der Waals surface area contributed by atoms with Crippen LogP contribution >= 0.6 is 0 Å². The zero-order chi connectivity index (χ0) is 16.1. The van der Waals surface area contributed by atoms with Gasteiger partial charge in [0.05, 0.1) is 11.8 Å². The van der Waals surface area contributed by atoms with Crippen LogP contribution in [-0.4, -0.2) is 23.4 Å². The number of aliphatic hydroxyl groups excluding tert-OH is 1. The summed E-state index contributed by atoms with van der Waals surface area (Å²) in [5, 5.41) is 17.0. The Morgan fingerprint density at radius 2 is 1.95 bits per heavy atom. The summed E-state index contributed by atoms with van der Waals surface area (Å²) in [5.41, 5.74) is 2.40. The van der Waals surface area contributed by atoms with Crippen molar-refractivity contribution in [3.8, 4) is 5.75 Å². The maximum atomic E-state index is 12.1. The van der Waals surface area contributed by atoms with E-state index < -0.39 is 12.7 Å². The molecule has 2 aromatic rings. The predicted molar refractivity (Wildman–Crippen MR) is 75.7 cm³/mol. The van der Waals surface area contributed by atoms with Crippen LogP contribution < -0.4 is 10.1 Å². The molecule has 7 heteroatoms. The number of hydrogen-bond donors (Lipinski definition) is 2. The average Bonchev–Trinajstić information content (AvgIpc) is 2.79. The Hall–Kier alpha value is -1.99. The molecule has 2 N–H and O–H groups in total. The Balaban J connectivity index is 1.85. The van der Waals surface area contributed by atoms with Gasteiger partial charge in [-0.05, 0) is 31.5 Å². The standard InChI is InChI=1S/C15H18F2N2O3/c1-9-13(10(2)22-19-9)7-18-8-14(20)11-3-5-12(6-4-11)21-15(16)17/h3-6,14-15,18,20H,7-8H2,1-2H3. The van der Waals surface area contributed by atoms with Crippen molar-refractivity contribution in [3.05, 3.63) is 46.8 Å². The maximum absolute atomic E-state index is 12.1. The Labute approximate surface area is 126 Å². The van der Waals surface area contributed by atoms with Crippen molar-refractivity contribution in [1.29, 1.82) is 0 Å². The average molecular weight is 312 g/mol. The lowest BCUT2D eigenvalue weighted by molar-refractivity contribution is -0.0498. The molecule has 0 amide bonds. The highest BCUT2D eigenvalue weighted by atomic mass is 19.3. The van der Waals surface area contributed by atoms with Crippen molar-refractivity contribution >= 4 is 0 Å². The van der Waals surface area contributed by atoms with Crippen molar-refractivity contribution in [2.45, 2.75) is 33.1 Å². The number of aryl methyl sites for hydroxylation is 2. The van der Waals surface area contributed by atoms with Gasteiger partial charge in [-0.15, -0.1) is 0 Å². The largest absolute Gasteiger partial charge is 0.435 e. The van der Waals surface area contributed by atoms with Gasteiger partial charge in [0.25, 0.3) is 0 Å². The van der Waals surface area contributed by atoms with E-state index in [2.05, 4.69) is 15.2 Å². The van der Waals surface area contributed by atoms with E-state index in [1.165, 1.54) is 12.1 Å². The Kier molecular flexibility index (Phi) is 5.46. The SMILES string of the molecule is Cc1noc(C)c1CNCC(O)c1ccc(OC(F)F)cc1. The molecule has 0 aliphatic heterocycles. The van der Waals surface area contributed by atoms with Gasteiger partial charge in [-0.1, -0.05) is 17.3 Å². The van der Waals surface area contributed by atoms with Crippen LogP contribution in [0.25, 0.3) is 0 Å². The number of benzene rings is 1. The third-order valence-corrected chi connectivity index (χ3v) is 3.31. The van der Waals surface area contributed by atoms with Crippen molar-refractivity contribution in [2.24, 2.45) is 0 Å². The van der Waals surface area contributed by atoms with Gasteiger partial charge in [0.1, 0.15) is 11.5 Å². The van der Waals surface area contributed by atoms with Crippen molar-refractivity contribution < 1.29 is 23.1 Å². The first-order valence-electron chi connectivity index (χ1n) is 6.82. The maximum Gasteiger partial charge on any atom is 0.387 e. The second-order valence-electron chi connectivity index (χ2n) is 4.90. The molecular weight excluding hydrogens is 294 g/mol. The number of alkyl halides is 2. The van der Waals surface area contributed by atoms with E-state index in [0.717, 1.165) is 17.0 Å². The lowest BCUT2D eigenvalue weighted by Gasteiger charge is -2.13. The summed E-state index contributed by atoms with van der Waals surface area (Å²) < 4.78 is 33.4. The van der Waals surface area contributed by atoms with Gasteiger partial charge >= 0.3 is 6.61 Å². The molecule has 1 aromatic carbocycles. The van der Waals surface area contributed by atoms with E-state index in [-0.39, 0.29) is 5.75 Å². The molecule has 120 valence electrons. The van der Waals surface area contributed by atoms with Crippen LogP contribution in [0, 0.1) is 13.8 Å². The van der Waals surface area contributed by atoms with Gasteiger partial charge in [0.15, 0.2) is 0 Å². The van der Waals surface area contributed by atoms with E-state index in [0.29, 0.717) is 18.7 Å². The van der Waals surface area contributed by atoms with E-state index in [1.807, 2.05) is 13.8 Å². The third kappa shape index (κ3) is 4.25. The van der Waals surface area contributed by atoms with Crippen LogP contribution in [0.2, 0.25) is 0 Å². The molecule has 5 nitrogen and oxygen atoms in total. The second-order valence-corrected chi connectivity index (χ2v) is 4.90. The fourth-order valence-electron chi connectivity index (χ4n) is 2.08. The summed E-state index contributed by atoms with van der Waals surface area (Å²) in [5.74, 6) is 0.808. The van der Waals surface area contributed by atoms with Crippen LogP contribution in [0.15, 0.2) is 28.8 Å². The molecule has 0 spiro atoms. The minimum Gasteiger partial charge on any atom is -0.435 e. The Bertz CT molecular complexity index is 580. The van der Waals surface area contributed by atoms with Crippen molar-refractivity contribution in [2.75, 3.05) is 6.54 Å². The predicted octanol–water partition coefficient (Wildman–Crippen LogP) is 2.72. The third-order valence-electron chi connectivity index (χ3n) is 3.31. The van der Waals surface area contributed by atoms with E-state index in [4.69, 9.17) is 4.52 Å². The number of aromatic nitrogens is 1. The summed E-state index contributed by atoms with van der Waals surface area (Å²) in [7, 11) is 0. The molecule has 2 rings (SSSR count). The quantitative estimate of drug-likeness (QED) is 0.823. The fraction of sp³-hybridized carbons (Fsp3) is 0.400. The van der Waals surface area contributed by atoms with Crippen LogP contribution in [0.1, 0.15) is 28.7 Å². The second kappa shape index (κ2) is 7.33. The Morgan fingerprint density at radius 1 is 1.27 bits per heavy atom. The topological polar surface area (TPSA) is 67.5 Å². The lowest BCUT2D eigenvalue weighted by Crippen LogP contribution is -2.21. The lowest BCUT2D eigenvalue weighted by atomic mass is 10.1. The fourth-order valence-corrected chi connectivity index (χ4v) is 2.08. The van der Waals surface area contributed by atoms with Gasteiger partial charge in [0.2, 0.25) is 0 Å². The van der Waals surface area contributed by atoms with E-state index in [9.17, 15) is 13.9 Å². The van der Waals surface area contributed by atoms with Gasteiger partial charge in [-0.3, -0.25) is 0 Å². The molecule has 22 heavy (non-hydrogen) atoms. The molecule has 1 atom stereocenters. The van der Waals surface area contributed by atoms with Crippen molar-refractivity contribution in [3.63, 3.8) is 0 Å². The van der Waals surface area contributed by atoms with E-state index >= 15 is 0 Å². The zero-order valence-corrected chi connectivity index (χ0v) is 12.3. The van der Waals surface area contributed by atoms with Crippen molar-refractivity contribution in [1.82, 2.24) is 10.5 Å². The molecule has 0 fully saturated rings. The molecule has 1 unspecified atom stereocenters. The number of ether oxygens (including phenoxy) is 1. The summed E-state index contributed by atoms with van der Waals surface area (Å²) in [4.78, 5) is 0. The first-order valence-corrected chi connectivity index (χ1v) is 6.82. The molecule has 1 aromatic heterocycles. The molecule has 0 radical (unpaired) electrons. The molecule has 0 bridgehead atoms. The minimum absolute atomic E-state index is 0.0645. The van der Waals surface area contributed by atoms with Crippen LogP contribution in [0.4, 0.5) is 8.78 Å². The van der Waals surface area contributed by atoms with E-state index in [1.54, 1.807) is 12.1 Å². The Morgan fingerprint density at radius 3 is 2.50 bits per heavy atom. The first kappa shape index (κ1) is 16.4. The van der Waals surface area contributed by atoms with Crippen LogP contribution in [0.5, 0.6) is 5.75 Å². The highest BCUT2D eigenvalue weighted by Gasteiger charge is 2.11. The number of nitrogens with one attached hydrogen (secondary N) is 1. The highest BCUT2D eigenvalue weighted by Crippen LogP contribution is 2.19. The van der Waals surface area contributed by atoms with Crippen LogP contribution in [-0.2, 0) is 6.54 Å². The smallest absolute Gasteiger partial charge is 0.387 e. The van der Waals surface area contributed by atoms with Gasteiger partial charge < -0.3 is 19.7 Å². The molecule has 0 aliphatic rings. The number of rotatable bonds is 7. The minimum atomic E-state index is -2.85. The number of hydrogen-bond acceptors (Lipinski definition) is 5.